The molecule has 0 aromatic carbocycles. The van der Waals surface area contributed by atoms with E-state index in [2.05, 4.69) is 19.2 Å². The Morgan fingerprint density at radius 3 is 2.55 bits per heavy atom. The fraction of sp³-hybridized carbons (Fsp3) is 1.00. The van der Waals surface area contributed by atoms with E-state index in [0.717, 1.165) is 13.0 Å². The molecule has 0 aliphatic carbocycles. The predicted molar refractivity (Wildman–Crippen MR) is 46.7 cm³/mol. The van der Waals surface area contributed by atoms with Crippen molar-refractivity contribution in [2.24, 2.45) is 5.92 Å². The van der Waals surface area contributed by atoms with Crippen molar-refractivity contribution in [3.05, 3.63) is 0 Å². The van der Waals surface area contributed by atoms with E-state index in [4.69, 9.17) is 12.6 Å². The summed E-state index contributed by atoms with van der Waals surface area (Å²) in [6.45, 7) is 5.15. The summed E-state index contributed by atoms with van der Waals surface area (Å²) in [5, 5.41) is 3.21. The summed E-state index contributed by atoms with van der Waals surface area (Å²) in [6, 6.07) is 0. The van der Waals surface area contributed by atoms with Crippen molar-refractivity contribution in [3.63, 3.8) is 0 Å². The Morgan fingerprint density at radius 1 is 1.73 bits per heavy atom. The standard InChI is InChI=1S/C8H16BNO/c1-4-8(11-3)5-10-7(9)6(8)2/h6-7,10H,4-5H2,1-3H3/t6?,7?,8-/m1/s1. The molecule has 0 bridgehead atoms. The van der Waals surface area contributed by atoms with Crippen LogP contribution in [-0.4, -0.2) is 33.0 Å². The molecule has 0 aromatic rings. The SMILES string of the molecule is [B]C1NC[C@@](CC)(OC)C1C. The molecule has 3 atom stereocenters. The van der Waals surface area contributed by atoms with E-state index in [0.29, 0.717) is 5.92 Å². The molecule has 1 N–H and O–H groups in total. The zero-order valence-electron chi connectivity index (χ0n) is 7.55. The maximum atomic E-state index is 5.81. The van der Waals surface area contributed by atoms with E-state index < -0.39 is 0 Å². The van der Waals surface area contributed by atoms with Crippen molar-refractivity contribution in [1.29, 1.82) is 0 Å². The van der Waals surface area contributed by atoms with Gasteiger partial charge in [-0.3, -0.25) is 0 Å². The van der Waals surface area contributed by atoms with E-state index in [1.807, 2.05) is 0 Å². The van der Waals surface area contributed by atoms with Crippen LogP contribution in [0, 0.1) is 5.92 Å². The number of hydrogen-bond donors (Lipinski definition) is 1. The third-order valence-corrected chi connectivity index (χ3v) is 3.01. The van der Waals surface area contributed by atoms with Gasteiger partial charge in [-0.1, -0.05) is 13.8 Å². The molecule has 1 heterocycles. The van der Waals surface area contributed by atoms with Crippen molar-refractivity contribution in [2.45, 2.75) is 31.8 Å². The molecule has 0 spiro atoms. The topological polar surface area (TPSA) is 21.3 Å². The van der Waals surface area contributed by atoms with E-state index in [9.17, 15) is 0 Å². The molecule has 1 fully saturated rings. The number of rotatable bonds is 2. The van der Waals surface area contributed by atoms with Gasteiger partial charge in [-0.15, -0.1) is 0 Å². The minimum absolute atomic E-state index is 0.0284. The Kier molecular flexibility index (Phi) is 2.60. The van der Waals surface area contributed by atoms with E-state index in [-0.39, 0.29) is 11.5 Å². The summed E-state index contributed by atoms with van der Waals surface area (Å²) in [6.07, 6.45) is 1.02. The molecule has 1 aliphatic rings. The predicted octanol–water partition coefficient (Wildman–Crippen LogP) is 0.515. The van der Waals surface area contributed by atoms with Gasteiger partial charge in [0.05, 0.1) is 13.4 Å². The maximum Gasteiger partial charge on any atom is 0.0911 e. The summed E-state index contributed by atoms with van der Waals surface area (Å²) in [5.41, 5.74) is -0.0284. The highest BCUT2D eigenvalue weighted by atomic mass is 16.5. The van der Waals surface area contributed by atoms with Crippen LogP contribution < -0.4 is 5.32 Å². The van der Waals surface area contributed by atoms with E-state index in [1.54, 1.807) is 7.11 Å². The number of nitrogens with one attached hydrogen (secondary N) is 1. The Hall–Kier alpha value is -0.0151. The molecule has 0 saturated carbocycles. The monoisotopic (exact) mass is 153 g/mol. The third kappa shape index (κ3) is 1.32. The lowest BCUT2D eigenvalue weighted by Gasteiger charge is -2.31. The van der Waals surface area contributed by atoms with Crippen LogP contribution >= 0.6 is 0 Å². The molecular weight excluding hydrogens is 137 g/mol. The van der Waals surface area contributed by atoms with Crippen molar-refractivity contribution < 1.29 is 4.74 Å². The van der Waals surface area contributed by atoms with Crippen LogP contribution in [0.25, 0.3) is 0 Å². The highest BCUT2D eigenvalue weighted by Crippen LogP contribution is 2.31. The van der Waals surface area contributed by atoms with Crippen LogP contribution in [0.15, 0.2) is 0 Å². The molecule has 1 aliphatic heterocycles. The van der Waals surface area contributed by atoms with E-state index >= 15 is 0 Å². The van der Waals surface area contributed by atoms with Gasteiger partial charge in [0.2, 0.25) is 0 Å². The second-order valence-corrected chi connectivity index (χ2v) is 3.32. The summed E-state index contributed by atoms with van der Waals surface area (Å²) in [7, 11) is 7.58. The normalized spacial score (nSPS) is 44.6. The van der Waals surface area contributed by atoms with Crippen LogP contribution in [0.3, 0.4) is 0 Å². The molecule has 2 unspecified atom stereocenters. The maximum absolute atomic E-state index is 5.81. The molecule has 11 heavy (non-hydrogen) atoms. The van der Waals surface area contributed by atoms with E-state index in [1.165, 1.54) is 0 Å². The van der Waals surface area contributed by atoms with Gasteiger partial charge in [0.1, 0.15) is 0 Å². The van der Waals surface area contributed by atoms with Gasteiger partial charge in [-0.25, -0.2) is 0 Å². The molecule has 0 amide bonds. The van der Waals surface area contributed by atoms with Crippen LogP contribution in [0.2, 0.25) is 0 Å². The molecule has 0 aromatic heterocycles. The summed E-state index contributed by atoms with van der Waals surface area (Å²) >= 11 is 0. The minimum Gasteiger partial charge on any atom is -0.377 e. The Bertz CT molecular complexity index is 136. The quantitative estimate of drug-likeness (QED) is 0.583. The van der Waals surface area contributed by atoms with Gasteiger partial charge in [-0.2, -0.15) is 0 Å². The summed E-state index contributed by atoms with van der Waals surface area (Å²) < 4.78 is 5.49. The van der Waals surface area contributed by atoms with Gasteiger partial charge in [-0.05, 0) is 18.3 Å². The Balaban J connectivity index is 2.69. The fourth-order valence-corrected chi connectivity index (χ4v) is 1.80. The number of hydrogen-bond acceptors (Lipinski definition) is 2. The van der Waals surface area contributed by atoms with Gasteiger partial charge in [0, 0.05) is 13.7 Å². The van der Waals surface area contributed by atoms with Crippen molar-refractivity contribution in [3.8, 4) is 0 Å². The lowest BCUT2D eigenvalue weighted by atomic mass is 9.78. The average Bonchev–Trinajstić information content (AvgIpc) is 2.32. The zero-order chi connectivity index (χ0) is 8.48. The molecule has 1 rings (SSSR count). The number of methoxy groups -OCH3 is 1. The Morgan fingerprint density at radius 2 is 2.36 bits per heavy atom. The van der Waals surface area contributed by atoms with Gasteiger partial charge in [0.15, 0.2) is 0 Å². The average molecular weight is 153 g/mol. The highest BCUT2D eigenvalue weighted by Gasteiger charge is 2.42. The van der Waals surface area contributed by atoms with Crippen molar-refractivity contribution in [2.75, 3.05) is 13.7 Å². The molecule has 2 nitrogen and oxygen atoms in total. The first-order valence-corrected chi connectivity index (χ1v) is 4.20. The first-order chi connectivity index (χ1) is 5.16. The van der Waals surface area contributed by atoms with Crippen LogP contribution in [0.4, 0.5) is 0 Å². The molecule has 3 heteroatoms. The molecule has 1 saturated heterocycles. The second-order valence-electron chi connectivity index (χ2n) is 3.32. The molecular formula is C8H16BNO. The largest absolute Gasteiger partial charge is 0.377 e. The summed E-state index contributed by atoms with van der Waals surface area (Å²) in [4.78, 5) is 0. The fourth-order valence-electron chi connectivity index (χ4n) is 1.80. The van der Waals surface area contributed by atoms with Gasteiger partial charge < -0.3 is 10.1 Å². The Labute approximate surface area is 70.1 Å². The zero-order valence-corrected chi connectivity index (χ0v) is 7.55. The van der Waals surface area contributed by atoms with Gasteiger partial charge in [0.25, 0.3) is 0 Å². The lowest BCUT2D eigenvalue weighted by Crippen LogP contribution is -2.39. The number of ether oxygens (including phenoxy) is 1. The molecule has 62 valence electrons. The van der Waals surface area contributed by atoms with Gasteiger partial charge >= 0.3 is 0 Å². The molecule has 2 radical (unpaired) electrons. The third-order valence-electron chi connectivity index (χ3n) is 3.01. The van der Waals surface area contributed by atoms with Crippen LogP contribution in [0.5, 0.6) is 0 Å². The highest BCUT2D eigenvalue weighted by molar-refractivity contribution is 6.12. The van der Waals surface area contributed by atoms with Crippen molar-refractivity contribution in [1.82, 2.24) is 5.32 Å². The van der Waals surface area contributed by atoms with Crippen LogP contribution in [-0.2, 0) is 4.74 Å². The first kappa shape index (κ1) is 9.08. The smallest absolute Gasteiger partial charge is 0.0911 e. The van der Waals surface area contributed by atoms with Crippen molar-refractivity contribution >= 4 is 7.85 Å². The second kappa shape index (κ2) is 3.15. The minimum atomic E-state index is -0.0284. The summed E-state index contributed by atoms with van der Waals surface area (Å²) in [5.74, 6) is 0.493. The van der Waals surface area contributed by atoms with Crippen LogP contribution in [0.1, 0.15) is 20.3 Å². The lowest BCUT2D eigenvalue weighted by molar-refractivity contribution is -0.0279. The first-order valence-electron chi connectivity index (χ1n) is 4.20.